The van der Waals surface area contributed by atoms with E-state index in [9.17, 15) is 22.8 Å². The Balaban J connectivity index is 1.37. The quantitative estimate of drug-likeness (QED) is 0.412. The van der Waals surface area contributed by atoms with Gasteiger partial charge in [0.05, 0.1) is 23.4 Å². The number of nitrogens with zero attached hydrogens (tertiary/aromatic N) is 1. The van der Waals surface area contributed by atoms with E-state index in [1.807, 2.05) is 18.2 Å². The Morgan fingerprint density at radius 1 is 1.11 bits per heavy atom. The lowest BCUT2D eigenvalue weighted by atomic mass is 9.74. The summed E-state index contributed by atoms with van der Waals surface area (Å²) in [5, 5.41) is 3.47. The molecule has 2 bridgehead atoms. The number of aromatic nitrogens is 1. The lowest BCUT2D eigenvalue weighted by molar-refractivity contribution is -0.137. The zero-order valence-electron chi connectivity index (χ0n) is 20.0. The van der Waals surface area contributed by atoms with Gasteiger partial charge in [-0.2, -0.15) is 13.2 Å². The van der Waals surface area contributed by atoms with Gasteiger partial charge in [0, 0.05) is 21.6 Å². The second-order valence-corrected chi connectivity index (χ2v) is 12.1. The molecule has 0 spiro atoms. The molecule has 5 atom stereocenters. The summed E-state index contributed by atoms with van der Waals surface area (Å²) < 4.78 is 47.4. The van der Waals surface area contributed by atoms with Gasteiger partial charge in [-0.1, -0.05) is 41.7 Å². The van der Waals surface area contributed by atoms with Crippen LogP contribution in [-0.4, -0.2) is 22.8 Å². The van der Waals surface area contributed by atoms with E-state index in [2.05, 4.69) is 11.4 Å². The van der Waals surface area contributed by atoms with Gasteiger partial charge in [0.25, 0.3) is 0 Å². The number of thioether (sulfide) groups is 1. The van der Waals surface area contributed by atoms with Crippen molar-refractivity contribution in [3.05, 3.63) is 74.2 Å². The minimum atomic E-state index is -4.60. The Bertz CT molecular complexity index is 1420. The molecule has 6 rings (SSSR count). The molecule has 1 N–H and O–H groups in total. The van der Waals surface area contributed by atoms with Crippen LogP contribution in [0.2, 0.25) is 0 Å². The molecule has 2 heterocycles. The van der Waals surface area contributed by atoms with E-state index in [0.29, 0.717) is 23.0 Å². The number of para-hydroxylation sites is 2. The van der Waals surface area contributed by atoms with Crippen molar-refractivity contribution in [1.29, 1.82) is 0 Å². The van der Waals surface area contributed by atoms with E-state index < -0.39 is 17.6 Å². The van der Waals surface area contributed by atoms with E-state index >= 15 is 0 Å². The predicted octanol–water partition coefficient (Wildman–Crippen LogP) is 6.23. The van der Waals surface area contributed by atoms with E-state index in [1.165, 1.54) is 35.6 Å². The van der Waals surface area contributed by atoms with E-state index in [0.717, 1.165) is 45.0 Å². The molecule has 2 aromatic carbocycles. The van der Waals surface area contributed by atoms with Gasteiger partial charge in [0.1, 0.15) is 12.3 Å². The van der Waals surface area contributed by atoms with E-state index in [4.69, 9.17) is 4.74 Å². The highest BCUT2D eigenvalue weighted by Gasteiger charge is 2.55. The van der Waals surface area contributed by atoms with Crippen LogP contribution in [-0.2, 0) is 17.5 Å². The van der Waals surface area contributed by atoms with Crippen molar-refractivity contribution in [2.45, 2.75) is 48.2 Å². The Morgan fingerprint density at radius 2 is 1.84 bits per heavy atom. The number of rotatable bonds is 5. The minimum absolute atomic E-state index is 0.0133. The van der Waals surface area contributed by atoms with Crippen LogP contribution < -0.4 is 14.9 Å². The Labute approximate surface area is 220 Å². The van der Waals surface area contributed by atoms with E-state index in [-0.39, 0.29) is 23.0 Å². The van der Waals surface area contributed by atoms with Crippen molar-refractivity contribution in [3.63, 3.8) is 0 Å². The van der Waals surface area contributed by atoms with Crippen LogP contribution in [0.25, 0.3) is 0 Å². The van der Waals surface area contributed by atoms with Crippen molar-refractivity contribution in [3.8, 4) is 5.75 Å². The zero-order chi connectivity index (χ0) is 25.9. The van der Waals surface area contributed by atoms with E-state index in [1.54, 1.807) is 18.9 Å². The average Bonchev–Trinajstić information content (AvgIpc) is 3.57. The first-order chi connectivity index (χ1) is 17.8. The van der Waals surface area contributed by atoms with Gasteiger partial charge in [-0.25, -0.2) is 0 Å². The molecule has 194 valence electrons. The number of ether oxygens (including phenoxy) is 1. The van der Waals surface area contributed by atoms with Crippen molar-refractivity contribution in [1.82, 2.24) is 4.57 Å². The summed E-state index contributed by atoms with van der Waals surface area (Å²) in [4.78, 5) is 26.8. The first-order valence-electron chi connectivity index (χ1n) is 12.3. The molecule has 2 fully saturated rings. The predicted molar refractivity (Wildman–Crippen MR) is 137 cm³/mol. The second-order valence-electron chi connectivity index (χ2n) is 9.93. The van der Waals surface area contributed by atoms with Gasteiger partial charge in [-0.05, 0) is 55.2 Å². The monoisotopic (exact) mass is 546 g/mol. The van der Waals surface area contributed by atoms with Crippen LogP contribution in [0.15, 0.2) is 58.4 Å². The summed E-state index contributed by atoms with van der Waals surface area (Å²) in [5.41, 5.74) is -0.186. The molecule has 2 aliphatic carbocycles. The fourth-order valence-corrected chi connectivity index (χ4v) is 9.67. The Hall–Kier alpha value is -2.72. The van der Waals surface area contributed by atoms with Crippen molar-refractivity contribution in [2.24, 2.45) is 17.8 Å². The van der Waals surface area contributed by atoms with Crippen molar-refractivity contribution in [2.75, 3.05) is 12.4 Å². The van der Waals surface area contributed by atoms with Crippen LogP contribution in [0.4, 0.5) is 18.9 Å². The zero-order valence-corrected chi connectivity index (χ0v) is 21.6. The number of amides is 1. The summed E-state index contributed by atoms with van der Waals surface area (Å²) in [6, 6.07) is 12.8. The average molecular weight is 547 g/mol. The topological polar surface area (TPSA) is 60.3 Å². The molecule has 3 aliphatic rings. The third-order valence-electron chi connectivity index (χ3n) is 7.97. The van der Waals surface area contributed by atoms with Gasteiger partial charge in [-0.3, -0.25) is 14.2 Å². The fourth-order valence-electron chi connectivity index (χ4n) is 6.53. The number of hydrogen-bond donors (Lipinski definition) is 1. The second kappa shape index (κ2) is 9.23. The van der Waals surface area contributed by atoms with Crippen LogP contribution >= 0.6 is 23.1 Å². The fraction of sp³-hybridized carbons (Fsp3) is 0.407. The van der Waals surface area contributed by atoms with Crippen molar-refractivity contribution < 1.29 is 22.7 Å². The maximum absolute atomic E-state index is 13.4. The highest BCUT2D eigenvalue weighted by Crippen LogP contribution is 2.64. The van der Waals surface area contributed by atoms with Gasteiger partial charge in [0.2, 0.25) is 5.91 Å². The summed E-state index contributed by atoms with van der Waals surface area (Å²) in [7, 11) is 1.65. The maximum Gasteiger partial charge on any atom is 0.418 e. The lowest BCUT2D eigenvalue weighted by Gasteiger charge is -2.40. The number of carbonyl (C=O) groups excluding carboxylic acids is 1. The summed E-state index contributed by atoms with van der Waals surface area (Å²) >= 11 is 2.82. The molecule has 10 heteroatoms. The first-order valence-corrected chi connectivity index (χ1v) is 13.9. The van der Waals surface area contributed by atoms with Crippen LogP contribution in [0.1, 0.15) is 41.2 Å². The van der Waals surface area contributed by atoms with Crippen LogP contribution in [0.3, 0.4) is 0 Å². The van der Waals surface area contributed by atoms with Crippen LogP contribution in [0.5, 0.6) is 5.75 Å². The maximum atomic E-state index is 13.4. The normalized spacial score (nSPS) is 26.0. The number of carbonyl (C=O) groups is 1. The third-order valence-corrected chi connectivity index (χ3v) is 10.8. The van der Waals surface area contributed by atoms with Gasteiger partial charge >= 0.3 is 11.0 Å². The first kappa shape index (κ1) is 24.6. The number of benzene rings is 2. The van der Waals surface area contributed by atoms with Gasteiger partial charge in [-0.15, -0.1) is 11.8 Å². The molecule has 2 saturated carbocycles. The number of thiazole rings is 1. The van der Waals surface area contributed by atoms with Gasteiger partial charge < -0.3 is 10.1 Å². The number of anilines is 1. The summed E-state index contributed by atoms with van der Waals surface area (Å²) in [5.74, 6) is 1.62. The molecular weight excluding hydrogens is 521 g/mol. The number of hydrogen-bond acceptors (Lipinski definition) is 5. The molecule has 3 aromatic rings. The minimum Gasteiger partial charge on any atom is -0.496 e. The van der Waals surface area contributed by atoms with Gasteiger partial charge in [0.15, 0.2) is 0 Å². The molecule has 0 saturated heterocycles. The number of halogens is 3. The number of fused-ring (bicyclic) bond motifs is 6. The lowest BCUT2D eigenvalue weighted by Crippen LogP contribution is -2.35. The number of nitrogens with one attached hydrogen (secondary N) is 1. The molecule has 1 aliphatic heterocycles. The summed E-state index contributed by atoms with van der Waals surface area (Å²) in [6.45, 7) is -0.339. The number of methoxy groups -OCH3 is 1. The molecule has 0 unspecified atom stereocenters. The molecular formula is C27H25F3N2O3S2. The molecule has 37 heavy (non-hydrogen) atoms. The molecule has 1 aromatic heterocycles. The summed E-state index contributed by atoms with van der Waals surface area (Å²) in [6.07, 6.45) is -1.08. The molecule has 1 amide bonds. The molecule has 0 radical (unpaired) electrons. The third kappa shape index (κ3) is 4.18. The highest BCUT2D eigenvalue weighted by atomic mass is 32.2. The molecule has 5 nitrogen and oxygen atoms in total. The standard InChI is InChI=1S/C27H25F3N2O3S2/c1-35-19-9-5-2-6-16(19)22-21-14-10-11-15(12-14)23(21)36-25-24(22)37-26(34)32(25)13-20(33)31-18-8-4-3-7-17(18)27(28,29)30/h2-9,14-15,21-23H,10-13H2,1H3,(H,31,33)/t14-,15-,21-,22-,23+/m0/s1. The smallest absolute Gasteiger partial charge is 0.418 e. The largest absolute Gasteiger partial charge is 0.496 e. The number of alkyl halides is 3. The SMILES string of the molecule is COc1ccccc1[C@@H]1c2sc(=O)n(CC(=O)Nc3ccccc3C(F)(F)F)c2S[C@@H]2[C@H]3CC[C@@H](C3)[C@@H]12. The van der Waals surface area contributed by atoms with Crippen molar-refractivity contribution >= 4 is 34.7 Å². The Morgan fingerprint density at radius 3 is 2.62 bits per heavy atom. The van der Waals surface area contributed by atoms with Crippen LogP contribution in [0, 0.1) is 17.8 Å². The Kier molecular flexibility index (Phi) is 6.14. The highest BCUT2D eigenvalue weighted by molar-refractivity contribution is 8.00.